The highest BCUT2D eigenvalue weighted by Crippen LogP contribution is 2.28. The van der Waals surface area contributed by atoms with Crippen LogP contribution in [0, 0.1) is 13.8 Å². The number of benzene rings is 2. The summed E-state index contributed by atoms with van der Waals surface area (Å²) in [4.78, 5) is 12.2. The van der Waals surface area contributed by atoms with Gasteiger partial charge in [0, 0.05) is 12.2 Å². The monoisotopic (exact) mass is 383 g/mol. The zero-order valence-corrected chi connectivity index (χ0v) is 16.5. The molecule has 0 unspecified atom stereocenters. The molecule has 4 nitrogen and oxygen atoms in total. The van der Waals surface area contributed by atoms with Crippen LogP contribution >= 0.6 is 23.1 Å². The van der Waals surface area contributed by atoms with E-state index in [0.29, 0.717) is 11.6 Å². The van der Waals surface area contributed by atoms with Gasteiger partial charge in [-0.05, 0) is 37.0 Å². The van der Waals surface area contributed by atoms with E-state index in [1.807, 2.05) is 18.2 Å². The van der Waals surface area contributed by atoms with Gasteiger partial charge in [0.1, 0.15) is 0 Å². The number of hydrogen-bond acceptors (Lipinski definition) is 5. The van der Waals surface area contributed by atoms with Crippen molar-refractivity contribution in [3.8, 4) is 0 Å². The summed E-state index contributed by atoms with van der Waals surface area (Å²) in [5.41, 5.74) is 4.92. The molecule has 0 bridgehead atoms. The SMILES string of the molecule is Cc1ccc(CCC(=O)Nc2nnc(SCc3ccccc3)s2)c(C)c1. The summed E-state index contributed by atoms with van der Waals surface area (Å²) in [6.45, 7) is 4.16. The summed E-state index contributed by atoms with van der Waals surface area (Å²) >= 11 is 3.04. The van der Waals surface area contributed by atoms with E-state index in [0.717, 1.165) is 16.5 Å². The molecule has 134 valence electrons. The van der Waals surface area contributed by atoms with Gasteiger partial charge in [-0.1, -0.05) is 77.2 Å². The molecule has 0 radical (unpaired) electrons. The van der Waals surface area contributed by atoms with Crippen molar-refractivity contribution in [2.45, 2.75) is 36.8 Å². The average molecular weight is 384 g/mol. The number of anilines is 1. The first kappa shape index (κ1) is 18.6. The standard InChI is InChI=1S/C20H21N3OS2/c1-14-8-9-17(15(2)12-14)10-11-18(24)21-19-22-23-20(26-19)25-13-16-6-4-3-5-7-16/h3-9,12H,10-11,13H2,1-2H3,(H,21,22,24). The van der Waals surface area contributed by atoms with Gasteiger partial charge in [0.2, 0.25) is 11.0 Å². The predicted molar refractivity (Wildman–Crippen MR) is 109 cm³/mol. The molecule has 0 saturated heterocycles. The van der Waals surface area contributed by atoms with Crippen LogP contribution in [0.2, 0.25) is 0 Å². The lowest BCUT2D eigenvalue weighted by molar-refractivity contribution is -0.116. The number of nitrogens with zero attached hydrogens (tertiary/aromatic N) is 2. The van der Waals surface area contributed by atoms with Crippen LogP contribution in [0.1, 0.15) is 28.7 Å². The number of aryl methyl sites for hydroxylation is 3. The highest BCUT2D eigenvalue weighted by atomic mass is 32.2. The lowest BCUT2D eigenvalue weighted by Crippen LogP contribution is -2.12. The van der Waals surface area contributed by atoms with E-state index in [9.17, 15) is 4.79 Å². The quantitative estimate of drug-likeness (QED) is 0.460. The molecule has 2 aromatic carbocycles. The Bertz CT molecular complexity index is 878. The van der Waals surface area contributed by atoms with Gasteiger partial charge in [0.05, 0.1) is 0 Å². The maximum atomic E-state index is 12.2. The Kier molecular flexibility index (Phi) is 6.41. The fraction of sp³-hybridized carbons (Fsp3) is 0.250. The van der Waals surface area contributed by atoms with Crippen molar-refractivity contribution in [3.05, 3.63) is 70.8 Å². The number of carbonyl (C=O) groups is 1. The third kappa shape index (κ3) is 5.41. The number of amides is 1. The summed E-state index contributed by atoms with van der Waals surface area (Å²) in [5.74, 6) is 0.816. The summed E-state index contributed by atoms with van der Waals surface area (Å²) in [6.07, 6.45) is 1.17. The summed E-state index contributed by atoms with van der Waals surface area (Å²) in [6, 6.07) is 16.6. The van der Waals surface area contributed by atoms with Gasteiger partial charge in [-0.15, -0.1) is 10.2 Å². The first-order valence-electron chi connectivity index (χ1n) is 8.46. The molecule has 0 spiro atoms. The predicted octanol–water partition coefficient (Wildman–Crippen LogP) is 5.02. The Hall–Kier alpha value is -2.18. The molecule has 3 rings (SSSR count). The molecule has 0 fully saturated rings. The molecular weight excluding hydrogens is 362 g/mol. The molecular formula is C20H21N3OS2. The maximum Gasteiger partial charge on any atom is 0.226 e. The van der Waals surface area contributed by atoms with E-state index < -0.39 is 0 Å². The van der Waals surface area contributed by atoms with Crippen molar-refractivity contribution >= 4 is 34.1 Å². The molecule has 26 heavy (non-hydrogen) atoms. The van der Waals surface area contributed by atoms with Crippen molar-refractivity contribution in [3.63, 3.8) is 0 Å². The Labute approximate surface area is 162 Å². The van der Waals surface area contributed by atoms with Gasteiger partial charge in [0.15, 0.2) is 4.34 Å². The minimum absolute atomic E-state index is 0.0271. The van der Waals surface area contributed by atoms with Crippen molar-refractivity contribution in [1.29, 1.82) is 0 Å². The number of hydrogen-bond donors (Lipinski definition) is 1. The normalized spacial score (nSPS) is 10.7. The molecule has 0 saturated carbocycles. The Balaban J connectivity index is 1.48. The van der Waals surface area contributed by atoms with Gasteiger partial charge < -0.3 is 5.32 Å². The fourth-order valence-electron chi connectivity index (χ4n) is 2.59. The molecule has 1 N–H and O–H groups in total. The zero-order valence-electron chi connectivity index (χ0n) is 14.9. The van der Waals surface area contributed by atoms with E-state index in [1.54, 1.807) is 11.8 Å². The van der Waals surface area contributed by atoms with E-state index in [1.165, 1.54) is 33.6 Å². The lowest BCUT2D eigenvalue weighted by Gasteiger charge is -2.06. The lowest BCUT2D eigenvalue weighted by atomic mass is 10.0. The third-order valence-corrected chi connectivity index (χ3v) is 6.02. The zero-order chi connectivity index (χ0) is 18.4. The molecule has 1 amide bonds. The second-order valence-electron chi connectivity index (χ2n) is 6.13. The molecule has 0 aliphatic rings. The van der Waals surface area contributed by atoms with Crippen molar-refractivity contribution < 1.29 is 4.79 Å². The third-order valence-electron chi connectivity index (χ3n) is 3.98. The smallest absolute Gasteiger partial charge is 0.226 e. The summed E-state index contributed by atoms with van der Waals surface area (Å²) in [5, 5.41) is 11.6. The highest BCUT2D eigenvalue weighted by Gasteiger charge is 2.10. The maximum absolute atomic E-state index is 12.2. The first-order valence-corrected chi connectivity index (χ1v) is 10.3. The molecule has 0 aliphatic carbocycles. The van der Waals surface area contributed by atoms with Gasteiger partial charge in [-0.25, -0.2) is 0 Å². The average Bonchev–Trinajstić information content (AvgIpc) is 3.07. The minimum Gasteiger partial charge on any atom is -0.300 e. The second kappa shape index (κ2) is 8.96. The summed E-state index contributed by atoms with van der Waals surface area (Å²) in [7, 11) is 0. The minimum atomic E-state index is -0.0271. The van der Waals surface area contributed by atoms with Crippen molar-refractivity contribution in [1.82, 2.24) is 10.2 Å². The fourth-order valence-corrected chi connectivity index (χ4v) is 4.32. The molecule has 0 atom stereocenters. The first-order chi connectivity index (χ1) is 12.6. The molecule has 6 heteroatoms. The van der Waals surface area contributed by atoms with E-state index in [2.05, 4.69) is 59.7 Å². The molecule has 1 aromatic heterocycles. The van der Waals surface area contributed by atoms with Crippen LogP contribution in [0.25, 0.3) is 0 Å². The van der Waals surface area contributed by atoms with Crippen molar-refractivity contribution in [2.75, 3.05) is 5.32 Å². The Morgan fingerprint density at radius 3 is 2.69 bits per heavy atom. The highest BCUT2D eigenvalue weighted by molar-refractivity contribution is 8.00. The van der Waals surface area contributed by atoms with Crippen LogP contribution in [-0.2, 0) is 17.0 Å². The van der Waals surface area contributed by atoms with Gasteiger partial charge in [-0.3, -0.25) is 4.79 Å². The van der Waals surface area contributed by atoms with E-state index >= 15 is 0 Å². The topological polar surface area (TPSA) is 54.9 Å². The number of aromatic nitrogens is 2. The molecule has 3 aromatic rings. The van der Waals surface area contributed by atoms with Crippen LogP contribution in [0.3, 0.4) is 0 Å². The van der Waals surface area contributed by atoms with Crippen LogP contribution in [0.15, 0.2) is 52.9 Å². The molecule has 1 heterocycles. The van der Waals surface area contributed by atoms with Crippen LogP contribution in [0.5, 0.6) is 0 Å². The largest absolute Gasteiger partial charge is 0.300 e. The summed E-state index contributed by atoms with van der Waals surface area (Å²) < 4.78 is 0.860. The number of carbonyl (C=O) groups excluding carboxylic acids is 1. The Morgan fingerprint density at radius 2 is 1.92 bits per heavy atom. The Morgan fingerprint density at radius 1 is 1.12 bits per heavy atom. The van der Waals surface area contributed by atoms with Gasteiger partial charge >= 0.3 is 0 Å². The van der Waals surface area contributed by atoms with Crippen molar-refractivity contribution in [2.24, 2.45) is 0 Å². The van der Waals surface area contributed by atoms with Crippen LogP contribution < -0.4 is 5.32 Å². The van der Waals surface area contributed by atoms with E-state index in [-0.39, 0.29) is 5.91 Å². The number of rotatable bonds is 7. The van der Waals surface area contributed by atoms with Gasteiger partial charge in [0.25, 0.3) is 0 Å². The number of thioether (sulfide) groups is 1. The van der Waals surface area contributed by atoms with Crippen LogP contribution in [0.4, 0.5) is 5.13 Å². The second-order valence-corrected chi connectivity index (χ2v) is 8.33. The van der Waals surface area contributed by atoms with Gasteiger partial charge in [-0.2, -0.15) is 0 Å². The number of nitrogens with one attached hydrogen (secondary N) is 1. The van der Waals surface area contributed by atoms with E-state index in [4.69, 9.17) is 0 Å². The van der Waals surface area contributed by atoms with Crippen LogP contribution in [-0.4, -0.2) is 16.1 Å². The molecule has 0 aliphatic heterocycles.